The van der Waals surface area contributed by atoms with Gasteiger partial charge in [0.1, 0.15) is 17.9 Å². The molecule has 0 radical (unpaired) electrons. The summed E-state index contributed by atoms with van der Waals surface area (Å²) in [5.74, 6) is -0.802. The van der Waals surface area contributed by atoms with E-state index in [0.717, 1.165) is 38.5 Å². The largest absolute Gasteiger partial charge is 0.466 e. The van der Waals surface area contributed by atoms with Crippen LogP contribution in [0.25, 0.3) is 0 Å². The third-order valence-corrected chi connectivity index (χ3v) is 6.50. The Morgan fingerprint density at radius 1 is 1.29 bits per heavy atom. The van der Waals surface area contributed by atoms with Crippen molar-refractivity contribution in [3.63, 3.8) is 0 Å². The molecule has 3 rings (SSSR count). The summed E-state index contributed by atoms with van der Waals surface area (Å²) in [5, 5.41) is 3.17. The van der Waals surface area contributed by atoms with Gasteiger partial charge in [-0.3, -0.25) is 14.4 Å². The van der Waals surface area contributed by atoms with Crippen molar-refractivity contribution in [1.82, 2.24) is 4.90 Å². The lowest BCUT2D eigenvalue weighted by Crippen LogP contribution is -2.49. The lowest BCUT2D eigenvalue weighted by Gasteiger charge is -2.28. The highest BCUT2D eigenvalue weighted by molar-refractivity contribution is 5.91. The van der Waals surface area contributed by atoms with Crippen molar-refractivity contribution in [1.29, 1.82) is 0 Å². The molecular formula is C26H36FN3O4. The summed E-state index contributed by atoms with van der Waals surface area (Å²) in [6, 6.07) is 4.92. The molecule has 8 heteroatoms. The normalized spacial score (nSPS) is 22.5. The van der Waals surface area contributed by atoms with Gasteiger partial charge in [-0.2, -0.15) is 0 Å². The number of amides is 2. The molecule has 3 N–H and O–H groups in total. The fourth-order valence-corrected chi connectivity index (χ4v) is 4.57. The van der Waals surface area contributed by atoms with E-state index in [2.05, 4.69) is 17.5 Å². The average Bonchev–Trinajstić information content (AvgIpc) is 3.40. The minimum atomic E-state index is -0.574. The summed E-state index contributed by atoms with van der Waals surface area (Å²) < 4.78 is 18.7. The molecule has 0 unspecified atom stereocenters. The number of esters is 1. The molecule has 7 nitrogen and oxygen atoms in total. The second-order valence-corrected chi connectivity index (χ2v) is 9.12. The molecule has 186 valence electrons. The summed E-state index contributed by atoms with van der Waals surface area (Å²) in [6.45, 7) is 2.74. The van der Waals surface area contributed by atoms with E-state index in [0.29, 0.717) is 37.6 Å². The standard InChI is InChI=1S/C26H36FN3O4/c1-2-34-26(33)21-16-18(21)10-6-4-3-5-7-13-22(29-20-12-8-11-19(27)17-20)25(32)30-15-9-14-23(30)24(28)31/h6,8,10-12,17-18,21-23,29H,2-5,7,9,13-16H2,1H3,(H2,28,31)/b10-6-/t18-,21+,22+,23+/m1/s1. The minimum Gasteiger partial charge on any atom is -0.466 e. The van der Waals surface area contributed by atoms with Gasteiger partial charge < -0.3 is 20.7 Å². The second-order valence-electron chi connectivity index (χ2n) is 9.12. The van der Waals surface area contributed by atoms with E-state index in [1.54, 1.807) is 17.0 Å². The van der Waals surface area contributed by atoms with Crippen LogP contribution < -0.4 is 11.1 Å². The maximum Gasteiger partial charge on any atom is 0.309 e. The predicted octanol–water partition coefficient (Wildman–Crippen LogP) is 3.79. The van der Waals surface area contributed by atoms with Crippen LogP contribution in [0.4, 0.5) is 10.1 Å². The number of nitrogens with one attached hydrogen (secondary N) is 1. The number of allylic oxidation sites excluding steroid dienone is 2. The van der Waals surface area contributed by atoms with Crippen LogP contribution in [0.2, 0.25) is 0 Å². The number of halogens is 1. The molecule has 0 bridgehead atoms. The lowest BCUT2D eigenvalue weighted by atomic mass is 10.0. The highest BCUT2D eigenvalue weighted by atomic mass is 19.1. The molecule has 1 aromatic rings. The molecular weight excluding hydrogens is 437 g/mol. The van der Waals surface area contributed by atoms with Gasteiger partial charge in [0.25, 0.3) is 0 Å². The van der Waals surface area contributed by atoms with Gasteiger partial charge in [-0.05, 0) is 69.6 Å². The van der Waals surface area contributed by atoms with Gasteiger partial charge in [0.05, 0.1) is 12.5 Å². The number of ether oxygens (including phenoxy) is 1. The highest BCUT2D eigenvalue weighted by Gasteiger charge is 2.42. The Morgan fingerprint density at radius 2 is 2.12 bits per heavy atom. The minimum absolute atomic E-state index is 0.0201. The van der Waals surface area contributed by atoms with Crippen LogP contribution in [-0.4, -0.2) is 47.9 Å². The number of hydrogen-bond donors (Lipinski definition) is 2. The quantitative estimate of drug-likeness (QED) is 0.258. The number of unbranched alkanes of at least 4 members (excludes halogenated alkanes) is 3. The maximum absolute atomic E-state index is 13.7. The van der Waals surface area contributed by atoms with Crippen LogP contribution in [-0.2, 0) is 19.1 Å². The van der Waals surface area contributed by atoms with Crippen molar-refractivity contribution >= 4 is 23.5 Å². The molecule has 4 atom stereocenters. The van der Waals surface area contributed by atoms with Gasteiger partial charge in [-0.1, -0.05) is 31.1 Å². The Bertz CT molecular complexity index is 891. The molecule has 1 aromatic carbocycles. The predicted molar refractivity (Wildman–Crippen MR) is 128 cm³/mol. The van der Waals surface area contributed by atoms with Gasteiger partial charge in [0.2, 0.25) is 11.8 Å². The zero-order valence-electron chi connectivity index (χ0n) is 19.9. The number of hydrogen-bond acceptors (Lipinski definition) is 5. The molecule has 0 spiro atoms. The van der Waals surface area contributed by atoms with Gasteiger partial charge in [-0.15, -0.1) is 0 Å². The molecule has 1 aliphatic heterocycles. The number of benzene rings is 1. The summed E-state index contributed by atoms with van der Waals surface area (Å²) in [5.41, 5.74) is 6.04. The Hall–Kier alpha value is -2.90. The van der Waals surface area contributed by atoms with E-state index >= 15 is 0 Å². The van der Waals surface area contributed by atoms with Crippen molar-refractivity contribution in [2.24, 2.45) is 17.6 Å². The zero-order chi connectivity index (χ0) is 24.5. The Kier molecular flexibility index (Phi) is 9.48. The molecule has 1 saturated heterocycles. The van der Waals surface area contributed by atoms with Crippen LogP contribution in [0, 0.1) is 17.7 Å². The summed E-state index contributed by atoms with van der Waals surface area (Å²) in [7, 11) is 0. The number of likely N-dealkylation sites (tertiary alicyclic amines) is 1. The van der Waals surface area contributed by atoms with E-state index in [1.807, 2.05) is 6.92 Å². The molecule has 2 amide bonds. The van der Waals surface area contributed by atoms with Gasteiger partial charge >= 0.3 is 5.97 Å². The number of carbonyl (C=O) groups excluding carboxylic acids is 3. The molecule has 1 heterocycles. The van der Waals surface area contributed by atoms with E-state index in [9.17, 15) is 18.8 Å². The van der Waals surface area contributed by atoms with Gasteiger partial charge in [0.15, 0.2) is 0 Å². The van der Waals surface area contributed by atoms with Crippen molar-refractivity contribution in [2.45, 2.75) is 70.4 Å². The first kappa shape index (κ1) is 25.7. The fourth-order valence-electron chi connectivity index (χ4n) is 4.57. The van der Waals surface area contributed by atoms with Crippen molar-refractivity contribution < 1.29 is 23.5 Å². The topological polar surface area (TPSA) is 102 Å². The molecule has 2 fully saturated rings. The highest BCUT2D eigenvalue weighted by Crippen LogP contribution is 2.40. The van der Waals surface area contributed by atoms with Crippen molar-refractivity contribution in [3.05, 3.63) is 42.2 Å². The first-order valence-electron chi connectivity index (χ1n) is 12.4. The first-order chi connectivity index (χ1) is 16.4. The first-order valence-corrected chi connectivity index (χ1v) is 12.4. The number of nitrogens with zero attached hydrogens (tertiary/aromatic N) is 1. The van der Waals surface area contributed by atoms with Crippen LogP contribution in [0.1, 0.15) is 58.3 Å². The van der Waals surface area contributed by atoms with Crippen LogP contribution in [0.3, 0.4) is 0 Å². The number of rotatable bonds is 13. The smallest absolute Gasteiger partial charge is 0.309 e. The Labute approximate surface area is 200 Å². The monoisotopic (exact) mass is 473 g/mol. The molecule has 34 heavy (non-hydrogen) atoms. The lowest BCUT2D eigenvalue weighted by molar-refractivity contribution is -0.144. The van der Waals surface area contributed by atoms with Crippen LogP contribution in [0.5, 0.6) is 0 Å². The number of anilines is 1. The second kappa shape index (κ2) is 12.5. The average molecular weight is 474 g/mol. The summed E-state index contributed by atoms with van der Waals surface area (Å²) in [6.07, 6.45) is 10.6. The van der Waals surface area contributed by atoms with Crippen molar-refractivity contribution in [2.75, 3.05) is 18.5 Å². The SMILES string of the molecule is CCOC(=O)[C@H]1C[C@H]1/C=C\CCCCC[C@H](Nc1cccc(F)c1)C(=O)N1CCC[C@H]1C(N)=O. The van der Waals surface area contributed by atoms with Gasteiger partial charge in [-0.25, -0.2) is 4.39 Å². The molecule has 0 aromatic heterocycles. The van der Waals surface area contributed by atoms with E-state index in [-0.39, 0.29) is 23.6 Å². The van der Waals surface area contributed by atoms with Crippen LogP contribution >= 0.6 is 0 Å². The zero-order valence-corrected chi connectivity index (χ0v) is 19.9. The Morgan fingerprint density at radius 3 is 2.85 bits per heavy atom. The van der Waals surface area contributed by atoms with E-state index < -0.39 is 18.0 Å². The van der Waals surface area contributed by atoms with Crippen LogP contribution in [0.15, 0.2) is 36.4 Å². The number of nitrogens with two attached hydrogens (primary N) is 1. The molecule has 1 aliphatic carbocycles. The summed E-state index contributed by atoms with van der Waals surface area (Å²) >= 11 is 0. The Balaban J connectivity index is 1.47. The van der Waals surface area contributed by atoms with Gasteiger partial charge in [0, 0.05) is 12.2 Å². The third-order valence-electron chi connectivity index (χ3n) is 6.50. The number of carbonyl (C=O) groups is 3. The molecule has 1 saturated carbocycles. The number of primary amides is 1. The van der Waals surface area contributed by atoms with E-state index in [1.165, 1.54) is 12.1 Å². The van der Waals surface area contributed by atoms with E-state index in [4.69, 9.17) is 10.5 Å². The summed E-state index contributed by atoms with van der Waals surface area (Å²) in [4.78, 5) is 38.3. The molecule has 2 aliphatic rings. The van der Waals surface area contributed by atoms with Crippen molar-refractivity contribution in [3.8, 4) is 0 Å². The fraction of sp³-hybridized carbons (Fsp3) is 0.577. The maximum atomic E-state index is 13.7. The third kappa shape index (κ3) is 7.30.